The second-order valence-corrected chi connectivity index (χ2v) is 6.43. The molecule has 142 valence electrons. The molecule has 2 rings (SSSR count). The van der Waals surface area contributed by atoms with Crippen LogP contribution in [0.3, 0.4) is 0 Å². The highest BCUT2D eigenvalue weighted by atomic mass is 35.5. The molecule has 8 heteroatoms. The van der Waals surface area contributed by atoms with Gasteiger partial charge in [-0.25, -0.2) is 0 Å². The average molecular weight is 381 g/mol. The van der Waals surface area contributed by atoms with E-state index in [0.29, 0.717) is 6.54 Å². The van der Waals surface area contributed by atoms with Crippen LogP contribution in [0.15, 0.2) is 18.2 Å². The van der Waals surface area contributed by atoms with Crippen molar-refractivity contribution >= 4 is 18.3 Å². The number of benzene rings is 1. The topological polar surface area (TPSA) is 50.4 Å². The summed E-state index contributed by atoms with van der Waals surface area (Å²) in [7, 11) is 0. The van der Waals surface area contributed by atoms with Crippen LogP contribution in [0.5, 0.6) is 5.75 Å². The number of rotatable bonds is 5. The van der Waals surface area contributed by atoms with Gasteiger partial charge in [0.05, 0.1) is 5.56 Å². The zero-order chi connectivity index (χ0) is 17.7. The third kappa shape index (κ3) is 6.74. The Balaban J connectivity index is 0.00000312. The number of carbonyl (C=O) groups is 1. The van der Waals surface area contributed by atoms with E-state index in [-0.39, 0.29) is 29.8 Å². The molecule has 1 aromatic carbocycles. The van der Waals surface area contributed by atoms with Gasteiger partial charge in [0.15, 0.2) is 0 Å². The minimum atomic E-state index is -4.83. The maximum Gasteiger partial charge on any atom is 0.573 e. The molecule has 1 amide bonds. The minimum absolute atomic E-state index is 0. The molecule has 0 aromatic heterocycles. The number of alkyl halides is 3. The maximum atomic E-state index is 12.7. The molecule has 0 radical (unpaired) electrons. The summed E-state index contributed by atoms with van der Waals surface area (Å²) in [5.41, 5.74) is 0.682. The summed E-state index contributed by atoms with van der Waals surface area (Å²) in [6.45, 7) is 5.87. The third-order valence-corrected chi connectivity index (χ3v) is 3.96. The summed E-state index contributed by atoms with van der Waals surface area (Å²) in [6, 6.07) is 4.51. The van der Waals surface area contributed by atoms with Gasteiger partial charge in [-0.2, -0.15) is 0 Å². The van der Waals surface area contributed by atoms with Gasteiger partial charge < -0.3 is 15.4 Å². The summed E-state index contributed by atoms with van der Waals surface area (Å²) < 4.78 is 42.2. The zero-order valence-electron chi connectivity index (χ0n) is 14.3. The number of carbonyl (C=O) groups excluding carboxylic acids is 1. The molecular weight excluding hydrogens is 357 g/mol. The first-order valence-electron chi connectivity index (χ1n) is 8.15. The molecule has 0 saturated carbocycles. The van der Waals surface area contributed by atoms with Crippen molar-refractivity contribution < 1.29 is 22.7 Å². The van der Waals surface area contributed by atoms with Crippen LogP contribution in [0.2, 0.25) is 0 Å². The standard InChI is InChI=1S/C17H23F3N2O2.ClH/c1-11(2)10-22-16(23)14-4-3-13(12-5-7-21-8-6-12)9-15(14)24-17(18,19)20;/h3-4,9,11-12,21H,5-8,10H2,1-2H3,(H,22,23);1H. The van der Waals surface area contributed by atoms with E-state index in [9.17, 15) is 18.0 Å². The van der Waals surface area contributed by atoms with Gasteiger partial charge in [0, 0.05) is 6.54 Å². The summed E-state index contributed by atoms with van der Waals surface area (Å²) in [5.74, 6) is -0.607. The van der Waals surface area contributed by atoms with Crippen molar-refractivity contribution in [3.8, 4) is 5.75 Å². The van der Waals surface area contributed by atoms with Gasteiger partial charge >= 0.3 is 6.36 Å². The van der Waals surface area contributed by atoms with E-state index in [2.05, 4.69) is 15.4 Å². The van der Waals surface area contributed by atoms with Crippen LogP contribution in [0.25, 0.3) is 0 Å². The van der Waals surface area contributed by atoms with E-state index >= 15 is 0 Å². The molecule has 1 fully saturated rings. The van der Waals surface area contributed by atoms with Crippen LogP contribution in [0.4, 0.5) is 13.2 Å². The summed E-state index contributed by atoms with van der Waals surface area (Å²) in [4.78, 5) is 12.2. The molecule has 25 heavy (non-hydrogen) atoms. The van der Waals surface area contributed by atoms with Gasteiger partial charge in [0.2, 0.25) is 0 Å². The Morgan fingerprint density at radius 2 is 1.96 bits per heavy atom. The van der Waals surface area contributed by atoms with E-state index in [1.165, 1.54) is 12.1 Å². The Morgan fingerprint density at radius 1 is 1.32 bits per heavy atom. The molecule has 1 heterocycles. The second-order valence-electron chi connectivity index (χ2n) is 6.43. The molecule has 4 nitrogen and oxygen atoms in total. The number of amides is 1. The molecule has 0 spiro atoms. The normalized spacial score (nSPS) is 15.6. The molecule has 1 aliphatic heterocycles. The zero-order valence-corrected chi connectivity index (χ0v) is 15.1. The molecular formula is C17H24ClF3N2O2. The lowest BCUT2D eigenvalue weighted by Gasteiger charge is -2.24. The number of hydrogen-bond acceptors (Lipinski definition) is 3. The predicted molar refractivity (Wildman–Crippen MR) is 92.4 cm³/mol. The van der Waals surface area contributed by atoms with Gasteiger partial charge in [-0.05, 0) is 55.5 Å². The Bertz CT molecular complexity index is 574. The number of piperidine rings is 1. The van der Waals surface area contributed by atoms with E-state index in [0.717, 1.165) is 31.5 Å². The first kappa shape index (κ1) is 21.6. The summed E-state index contributed by atoms with van der Waals surface area (Å²) in [6.07, 6.45) is -3.13. The maximum absolute atomic E-state index is 12.7. The lowest BCUT2D eigenvalue weighted by Crippen LogP contribution is -2.29. The minimum Gasteiger partial charge on any atom is -0.405 e. The van der Waals surface area contributed by atoms with Crippen molar-refractivity contribution in [2.45, 2.75) is 39.0 Å². The second kappa shape index (κ2) is 9.29. The fraction of sp³-hybridized carbons (Fsp3) is 0.588. The van der Waals surface area contributed by atoms with Crippen molar-refractivity contribution in [3.05, 3.63) is 29.3 Å². The highest BCUT2D eigenvalue weighted by Gasteiger charge is 2.33. The van der Waals surface area contributed by atoms with Gasteiger partial charge in [0.25, 0.3) is 5.91 Å². The van der Waals surface area contributed by atoms with Crippen LogP contribution in [0, 0.1) is 5.92 Å². The van der Waals surface area contributed by atoms with Crippen molar-refractivity contribution in [2.75, 3.05) is 19.6 Å². The van der Waals surface area contributed by atoms with E-state index < -0.39 is 18.0 Å². The molecule has 0 unspecified atom stereocenters. The highest BCUT2D eigenvalue weighted by molar-refractivity contribution is 5.97. The Labute approximate surface area is 151 Å². The van der Waals surface area contributed by atoms with Gasteiger partial charge in [-0.3, -0.25) is 4.79 Å². The van der Waals surface area contributed by atoms with Crippen LogP contribution in [-0.2, 0) is 0 Å². The number of nitrogens with one attached hydrogen (secondary N) is 2. The molecule has 0 aliphatic carbocycles. The molecule has 1 aliphatic rings. The molecule has 1 saturated heterocycles. The van der Waals surface area contributed by atoms with Crippen LogP contribution in [-0.4, -0.2) is 31.9 Å². The fourth-order valence-electron chi connectivity index (χ4n) is 2.74. The van der Waals surface area contributed by atoms with Crippen molar-refractivity contribution in [1.82, 2.24) is 10.6 Å². The number of hydrogen-bond donors (Lipinski definition) is 2. The molecule has 2 N–H and O–H groups in total. The SMILES string of the molecule is CC(C)CNC(=O)c1ccc(C2CCNCC2)cc1OC(F)(F)F.Cl. The van der Waals surface area contributed by atoms with Gasteiger partial charge in [-0.1, -0.05) is 19.9 Å². The van der Waals surface area contributed by atoms with Crippen LogP contribution >= 0.6 is 12.4 Å². The van der Waals surface area contributed by atoms with E-state index in [4.69, 9.17) is 0 Å². The van der Waals surface area contributed by atoms with E-state index in [1.807, 2.05) is 13.8 Å². The Morgan fingerprint density at radius 3 is 2.52 bits per heavy atom. The summed E-state index contributed by atoms with van der Waals surface area (Å²) in [5, 5.41) is 5.85. The van der Waals surface area contributed by atoms with Crippen LogP contribution in [0.1, 0.15) is 48.5 Å². The first-order chi connectivity index (χ1) is 11.3. The lowest BCUT2D eigenvalue weighted by atomic mass is 9.89. The van der Waals surface area contributed by atoms with Crippen molar-refractivity contribution in [2.24, 2.45) is 5.92 Å². The largest absolute Gasteiger partial charge is 0.573 e. The van der Waals surface area contributed by atoms with Gasteiger partial charge in [0.1, 0.15) is 5.75 Å². The quantitative estimate of drug-likeness (QED) is 0.815. The molecule has 0 bridgehead atoms. The average Bonchev–Trinajstić information content (AvgIpc) is 2.52. The predicted octanol–water partition coefficient (Wildman–Crippen LogP) is 3.86. The Kier molecular flexibility index (Phi) is 8.02. The van der Waals surface area contributed by atoms with Crippen molar-refractivity contribution in [3.63, 3.8) is 0 Å². The summed E-state index contributed by atoms with van der Waals surface area (Å²) >= 11 is 0. The molecule has 1 aromatic rings. The fourth-order valence-corrected chi connectivity index (χ4v) is 2.74. The molecule has 0 atom stereocenters. The lowest BCUT2D eigenvalue weighted by molar-refractivity contribution is -0.274. The van der Waals surface area contributed by atoms with Crippen molar-refractivity contribution in [1.29, 1.82) is 0 Å². The monoisotopic (exact) mass is 380 g/mol. The van der Waals surface area contributed by atoms with Gasteiger partial charge in [-0.15, -0.1) is 25.6 Å². The Hall–Kier alpha value is -1.47. The number of ether oxygens (including phenoxy) is 1. The smallest absolute Gasteiger partial charge is 0.405 e. The first-order valence-corrected chi connectivity index (χ1v) is 8.15. The third-order valence-electron chi connectivity index (χ3n) is 3.96. The highest BCUT2D eigenvalue weighted by Crippen LogP contribution is 2.33. The van der Waals surface area contributed by atoms with Crippen LogP contribution < -0.4 is 15.4 Å². The van der Waals surface area contributed by atoms with E-state index in [1.54, 1.807) is 6.07 Å². The number of halogens is 4.